The SMILES string of the molecule is CCCNCCN1c2ccccc2CCC1C. The Bertz CT molecular complexity index is 349. The molecule has 0 amide bonds. The number of hydrogen-bond acceptors (Lipinski definition) is 2. The lowest BCUT2D eigenvalue weighted by atomic mass is 9.97. The molecule has 1 aromatic rings. The average Bonchev–Trinajstić information content (AvgIpc) is 2.37. The molecular weight excluding hydrogens is 208 g/mol. The Morgan fingerprint density at radius 3 is 2.94 bits per heavy atom. The maximum absolute atomic E-state index is 3.49. The highest BCUT2D eigenvalue weighted by Crippen LogP contribution is 2.29. The molecule has 1 atom stereocenters. The van der Waals surface area contributed by atoms with Crippen LogP contribution in [0.1, 0.15) is 32.3 Å². The highest BCUT2D eigenvalue weighted by molar-refractivity contribution is 5.56. The number of anilines is 1. The lowest BCUT2D eigenvalue weighted by molar-refractivity contribution is 0.544. The second-order valence-corrected chi connectivity index (χ2v) is 4.96. The van der Waals surface area contributed by atoms with Crippen LogP contribution in [0.25, 0.3) is 0 Å². The minimum absolute atomic E-state index is 0.674. The Hall–Kier alpha value is -1.02. The van der Waals surface area contributed by atoms with Crippen molar-refractivity contribution < 1.29 is 0 Å². The molecule has 1 aliphatic rings. The lowest BCUT2D eigenvalue weighted by Crippen LogP contribution is -2.41. The van der Waals surface area contributed by atoms with E-state index in [9.17, 15) is 0 Å². The summed E-state index contributed by atoms with van der Waals surface area (Å²) in [6.07, 6.45) is 3.73. The first kappa shape index (κ1) is 12.4. The summed E-state index contributed by atoms with van der Waals surface area (Å²) in [5.41, 5.74) is 2.96. The van der Waals surface area contributed by atoms with Gasteiger partial charge in [0.15, 0.2) is 0 Å². The molecule has 1 N–H and O–H groups in total. The predicted molar refractivity (Wildman–Crippen MR) is 74.7 cm³/mol. The Morgan fingerprint density at radius 1 is 1.29 bits per heavy atom. The minimum atomic E-state index is 0.674. The van der Waals surface area contributed by atoms with Crippen molar-refractivity contribution in [1.82, 2.24) is 5.32 Å². The van der Waals surface area contributed by atoms with E-state index < -0.39 is 0 Å². The molecule has 1 unspecified atom stereocenters. The van der Waals surface area contributed by atoms with Crippen molar-refractivity contribution >= 4 is 5.69 Å². The molecule has 0 radical (unpaired) electrons. The van der Waals surface area contributed by atoms with Crippen LogP contribution in [0.3, 0.4) is 0 Å². The second kappa shape index (κ2) is 6.06. The van der Waals surface area contributed by atoms with Gasteiger partial charge in [0.2, 0.25) is 0 Å². The molecule has 0 spiro atoms. The number of fused-ring (bicyclic) bond motifs is 1. The smallest absolute Gasteiger partial charge is 0.0401 e. The number of hydrogen-bond donors (Lipinski definition) is 1. The van der Waals surface area contributed by atoms with Gasteiger partial charge in [0, 0.05) is 24.8 Å². The number of benzene rings is 1. The first-order valence-electron chi connectivity index (χ1n) is 6.88. The van der Waals surface area contributed by atoms with E-state index in [4.69, 9.17) is 0 Å². The molecule has 94 valence electrons. The maximum atomic E-state index is 3.49. The maximum Gasteiger partial charge on any atom is 0.0401 e. The molecule has 0 fully saturated rings. The van der Waals surface area contributed by atoms with Crippen molar-refractivity contribution in [3.8, 4) is 0 Å². The molecule has 0 aliphatic carbocycles. The molecule has 2 heteroatoms. The highest BCUT2D eigenvalue weighted by Gasteiger charge is 2.21. The third kappa shape index (κ3) is 3.01. The summed E-state index contributed by atoms with van der Waals surface area (Å²) in [6, 6.07) is 9.53. The largest absolute Gasteiger partial charge is 0.367 e. The van der Waals surface area contributed by atoms with Crippen LogP contribution in [0.5, 0.6) is 0 Å². The van der Waals surface area contributed by atoms with Gasteiger partial charge in [0.1, 0.15) is 0 Å². The van der Waals surface area contributed by atoms with E-state index in [1.165, 1.54) is 30.5 Å². The number of para-hydroxylation sites is 1. The van der Waals surface area contributed by atoms with Crippen molar-refractivity contribution in [3.05, 3.63) is 29.8 Å². The van der Waals surface area contributed by atoms with E-state index in [0.717, 1.165) is 19.6 Å². The molecule has 0 saturated carbocycles. The van der Waals surface area contributed by atoms with Crippen molar-refractivity contribution in [2.24, 2.45) is 0 Å². The molecule has 0 aromatic heterocycles. The van der Waals surface area contributed by atoms with Gasteiger partial charge in [-0.25, -0.2) is 0 Å². The number of aryl methyl sites for hydroxylation is 1. The Kier molecular flexibility index (Phi) is 4.43. The number of nitrogens with zero attached hydrogens (tertiary/aromatic N) is 1. The zero-order chi connectivity index (χ0) is 12.1. The van der Waals surface area contributed by atoms with Crippen LogP contribution >= 0.6 is 0 Å². The van der Waals surface area contributed by atoms with Gasteiger partial charge in [-0.2, -0.15) is 0 Å². The summed E-state index contributed by atoms with van der Waals surface area (Å²) < 4.78 is 0. The fourth-order valence-electron chi connectivity index (χ4n) is 2.60. The summed E-state index contributed by atoms with van der Waals surface area (Å²) >= 11 is 0. The first-order chi connectivity index (χ1) is 8.33. The van der Waals surface area contributed by atoms with Crippen LogP contribution in [-0.2, 0) is 6.42 Å². The second-order valence-electron chi connectivity index (χ2n) is 4.96. The van der Waals surface area contributed by atoms with Gasteiger partial charge in [0.05, 0.1) is 0 Å². The normalized spacial score (nSPS) is 19.2. The first-order valence-corrected chi connectivity index (χ1v) is 6.88. The zero-order valence-electron chi connectivity index (χ0n) is 11.1. The van der Waals surface area contributed by atoms with E-state index in [1.807, 2.05) is 0 Å². The monoisotopic (exact) mass is 232 g/mol. The van der Waals surface area contributed by atoms with E-state index in [1.54, 1.807) is 0 Å². The molecule has 1 aliphatic heterocycles. The minimum Gasteiger partial charge on any atom is -0.367 e. The van der Waals surface area contributed by atoms with Crippen molar-refractivity contribution in [3.63, 3.8) is 0 Å². The quantitative estimate of drug-likeness (QED) is 0.785. The lowest BCUT2D eigenvalue weighted by Gasteiger charge is -2.37. The van der Waals surface area contributed by atoms with Crippen LogP contribution in [0.2, 0.25) is 0 Å². The molecule has 1 heterocycles. The topological polar surface area (TPSA) is 15.3 Å². The molecular formula is C15H24N2. The van der Waals surface area contributed by atoms with Gasteiger partial charge < -0.3 is 10.2 Å². The number of rotatable bonds is 5. The Morgan fingerprint density at radius 2 is 2.12 bits per heavy atom. The van der Waals surface area contributed by atoms with E-state index in [0.29, 0.717) is 6.04 Å². The molecule has 2 rings (SSSR count). The van der Waals surface area contributed by atoms with Crippen molar-refractivity contribution in [1.29, 1.82) is 0 Å². The van der Waals surface area contributed by atoms with Gasteiger partial charge in [-0.15, -0.1) is 0 Å². The fraction of sp³-hybridized carbons (Fsp3) is 0.600. The Balaban J connectivity index is 2.00. The van der Waals surface area contributed by atoms with Crippen LogP contribution in [0.4, 0.5) is 5.69 Å². The summed E-state index contributed by atoms with van der Waals surface area (Å²) in [6.45, 7) is 7.90. The van der Waals surface area contributed by atoms with Crippen LogP contribution in [0, 0.1) is 0 Å². The van der Waals surface area contributed by atoms with Crippen LogP contribution in [-0.4, -0.2) is 25.7 Å². The third-order valence-electron chi connectivity index (χ3n) is 3.62. The standard InChI is InChI=1S/C15H24N2/c1-3-10-16-11-12-17-13(2)8-9-14-6-4-5-7-15(14)17/h4-7,13,16H,3,8-12H2,1-2H3. The third-order valence-corrected chi connectivity index (χ3v) is 3.62. The number of nitrogens with one attached hydrogen (secondary N) is 1. The van der Waals surface area contributed by atoms with E-state index in [2.05, 4.69) is 48.3 Å². The molecule has 0 saturated heterocycles. The summed E-state index contributed by atoms with van der Waals surface area (Å²) in [5.74, 6) is 0. The predicted octanol–water partition coefficient (Wildman–Crippen LogP) is 2.83. The van der Waals surface area contributed by atoms with Crippen molar-refractivity contribution in [2.45, 2.75) is 39.2 Å². The summed E-state index contributed by atoms with van der Waals surface area (Å²) in [5, 5.41) is 3.49. The van der Waals surface area contributed by atoms with Gasteiger partial charge in [-0.05, 0) is 44.4 Å². The van der Waals surface area contributed by atoms with Gasteiger partial charge in [-0.1, -0.05) is 25.1 Å². The highest BCUT2D eigenvalue weighted by atomic mass is 15.2. The summed E-state index contributed by atoms with van der Waals surface area (Å²) in [4.78, 5) is 2.56. The van der Waals surface area contributed by atoms with E-state index in [-0.39, 0.29) is 0 Å². The van der Waals surface area contributed by atoms with Crippen LogP contribution < -0.4 is 10.2 Å². The zero-order valence-corrected chi connectivity index (χ0v) is 11.1. The molecule has 2 nitrogen and oxygen atoms in total. The van der Waals surface area contributed by atoms with Crippen LogP contribution in [0.15, 0.2) is 24.3 Å². The van der Waals surface area contributed by atoms with Gasteiger partial charge in [0.25, 0.3) is 0 Å². The molecule has 17 heavy (non-hydrogen) atoms. The molecule has 1 aromatic carbocycles. The summed E-state index contributed by atoms with van der Waals surface area (Å²) in [7, 11) is 0. The van der Waals surface area contributed by atoms with Crippen molar-refractivity contribution in [2.75, 3.05) is 24.5 Å². The van der Waals surface area contributed by atoms with Gasteiger partial charge in [-0.3, -0.25) is 0 Å². The molecule has 0 bridgehead atoms. The fourth-order valence-corrected chi connectivity index (χ4v) is 2.60. The van der Waals surface area contributed by atoms with E-state index >= 15 is 0 Å². The Labute approximate surface area is 105 Å². The average molecular weight is 232 g/mol. The van der Waals surface area contributed by atoms with Gasteiger partial charge >= 0.3 is 0 Å².